The number of anilines is 3. The topological polar surface area (TPSA) is 82.2 Å². The van der Waals surface area contributed by atoms with Crippen molar-refractivity contribution in [1.29, 1.82) is 0 Å². The Hall–Kier alpha value is -3.22. The molecule has 0 bridgehead atoms. The van der Waals surface area contributed by atoms with Crippen LogP contribution in [0, 0.1) is 0 Å². The number of aromatic nitrogens is 2. The Morgan fingerprint density at radius 3 is 2.79 bits per heavy atom. The van der Waals surface area contributed by atoms with Crippen molar-refractivity contribution in [2.24, 2.45) is 0 Å². The van der Waals surface area contributed by atoms with E-state index in [0.717, 1.165) is 10.5 Å². The van der Waals surface area contributed by atoms with Gasteiger partial charge in [0.2, 0.25) is 5.91 Å². The van der Waals surface area contributed by atoms with Crippen LogP contribution in [-0.2, 0) is 4.79 Å². The summed E-state index contributed by atoms with van der Waals surface area (Å²) in [5.74, 6) is -2.98. The van der Waals surface area contributed by atoms with Crippen molar-refractivity contribution in [2.45, 2.75) is 18.5 Å². The first kappa shape index (κ1) is 23.0. The van der Waals surface area contributed by atoms with Crippen molar-refractivity contribution in [3.63, 3.8) is 0 Å². The maximum absolute atomic E-state index is 13.1. The molecular formula is C20H19F5N6OS. The Labute approximate surface area is 189 Å². The van der Waals surface area contributed by atoms with Gasteiger partial charge >= 0.3 is 6.18 Å². The average molecular weight is 486 g/mol. The van der Waals surface area contributed by atoms with E-state index in [1.807, 2.05) is 5.32 Å². The molecule has 0 aromatic carbocycles. The Kier molecular flexibility index (Phi) is 6.23. The van der Waals surface area contributed by atoms with Crippen LogP contribution in [0.3, 0.4) is 0 Å². The highest BCUT2D eigenvalue weighted by Crippen LogP contribution is 2.34. The number of halogens is 5. The van der Waals surface area contributed by atoms with Gasteiger partial charge in [-0.3, -0.25) is 4.79 Å². The third-order valence-corrected chi connectivity index (χ3v) is 5.88. The minimum absolute atomic E-state index is 0.101. The van der Waals surface area contributed by atoms with Crippen molar-refractivity contribution in [3.8, 4) is 0 Å². The first-order valence-corrected chi connectivity index (χ1v) is 10.7. The first-order valence-electron chi connectivity index (χ1n) is 9.86. The maximum atomic E-state index is 13.1. The average Bonchev–Trinajstić information content (AvgIpc) is 3.04. The van der Waals surface area contributed by atoms with E-state index in [1.54, 1.807) is 35.5 Å². The number of nitrogens with zero attached hydrogens (tertiary/aromatic N) is 3. The molecule has 3 N–H and O–H groups in total. The van der Waals surface area contributed by atoms with Crippen molar-refractivity contribution in [2.75, 3.05) is 36.4 Å². The summed E-state index contributed by atoms with van der Waals surface area (Å²) in [5, 5.41) is 8.37. The van der Waals surface area contributed by atoms with Gasteiger partial charge in [0.15, 0.2) is 5.13 Å². The molecule has 1 amide bonds. The highest BCUT2D eigenvalue weighted by molar-refractivity contribution is 7.16. The number of hydrogen-bond donors (Lipinski definition) is 3. The third kappa shape index (κ3) is 5.97. The maximum Gasteiger partial charge on any atom is 0.405 e. The Morgan fingerprint density at radius 2 is 2.06 bits per heavy atom. The van der Waals surface area contributed by atoms with E-state index in [-0.39, 0.29) is 25.2 Å². The molecule has 0 spiro atoms. The number of rotatable bonds is 6. The molecule has 0 unspecified atom stereocenters. The number of nitrogens with one attached hydrogen (secondary N) is 3. The lowest BCUT2D eigenvalue weighted by atomic mass is 10.1. The minimum Gasteiger partial charge on any atom is -0.386 e. The summed E-state index contributed by atoms with van der Waals surface area (Å²) in [6.45, 7) is -1.95. The fraction of sp³-hybridized carbons (Fsp3) is 0.350. The second-order valence-electron chi connectivity index (χ2n) is 7.55. The Balaban J connectivity index is 1.37. The minimum atomic E-state index is -4.47. The summed E-state index contributed by atoms with van der Waals surface area (Å²) >= 11 is 1.32. The van der Waals surface area contributed by atoms with Crippen LogP contribution in [0.4, 0.5) is 38.6 Å². The van der Waals surface area contributed by atoms with Gasteiger partial charge in [0.05, 0.1) is 18.0 Å². The molecule has 2 aliphatic heterocycles. The quantitative estimate of drug-likeness (QED) is 0.541. The zero-order valence-corrected chi connectivity index (χ0v) is 17.9. The molecule has 4 heterocycles. The number of carbonyl (C=O) groups is 1. The van der Waals surface area contributed by atoms with E-state index >= 15 is 0 Å². The Morgan fingerprint density at radius 1 is 1.27 bits per heavy atom. The van der Waals surface area contributed by atoms with Gasteiger partial charge in [0, 0.05) is 42.5 Å². The lowest BCUT2D eigenvalue weighted by Gasteiger charge is -2.40. The fourth-order valence-corrected chi connectivity index (χ4v) is 4.10. The predicted octanol–water partition coefficient (Wildman–Crippen LogP) is 3.68. The van der Waals surface area contributed by atoms with E-state index < -0.39 is 24.6 Å². The summed E-state index contributed by atoms with van der Waals surface area (Å²) in [7, 11) is 0. The van der Waals surface area contributed by atoms with Crippen LogP contribution in [0.5, 0.6) is 0 Å². The number of amides is 1. The van der Waals surface area contributed by atoms with Crippen LogP contribution in [0.1, 0.15) is 11.3 Å². The van der Waals surface area contributed by atoms with Crippen LogP contribution in [0.25, 0.3) is 5.57 Å². The smallest absolute Gasteiger partial charge is 0.386 e. The van der Waals surface area contributed by atoms with E-state index in [2.05, 4.69) is 20.6 Å². The molecule has 4 rings (SSSR count). The lowest BCUT2D eigenvalue weighted by Crippen LogP contribution is -2.56. The normalized spacial score (nSPS) is 17.8. The Bertz CT molecular complexity index is 1090. The van der Waals surface area contributed by atoms with E-state index in [4.69, 9.17) is 0 Å². The number of allylic oxidation sites excluding steroid dienone is 2. The lowest BCUT2D eigenvalue weighted by molar-refractivity contribution is -0.136. The van der Waals surface area contributed by atoms with E-state index in [9.17, 15) is 26.7 Å². The molecule has 2 aromatic rings. The molecule has 0 saturated carbocycles. The van der Waals surface area contributed by atoms with Crippen LogP contribution >= 0.6 is 11.3 Å². The second-order valence-corrected chi connectivity index (χ2v) is 8.58. The number of alkyl halides is 5. The summed E-state index contributed by atoms with van der Waals surface area (Å²) in [5.41, 5.74) is 1.65. The van der Waals surface area contributed by atoms with Crippen molar-refractivity contribution >= 4 is 39.5 Å². The number of hydrogen-bond acceptors (Lipinski definition) is 7. The predicted molar refractivity (Wildman–Crippen MR) is 115 cm³/mol. The van der Waals surface area contributed by atoms with E-state index in [0.29, 0.717) is 23.1 Å². The fourth-order valence-electron chi connectivity index (χ4n) is 3.26. The van der Waals surface area contributed by atoms with Gasteiger partial charge in [0.1, 0.15) is 12.4 Å². The number of pyridine rings is 1. The van der Waals surface area contributed by atoms with Crippen molar-refractivity contribution < 1.29 is 26.7 Å². The van der Waals surface area contributed by atoms with Crippen LogP contribution in [0.2, 0.25) is 0 Å². The molecule has 0 radical (unpaired) electrons. The molecule has 0 atom stereocenters. The van der Waals surface area contributed by atoms with Gasteiger partial charge in [-0.25, -0.2) is 18.7 Å². The molecule has 176 valence electrons. The van der Waals surface area contributed by atoms with Gasteiger partial charge in [-0.1, -0.05) is 17.4 Å². The summed E-state index contributed by atoms with van der Waals surface area (Å²) in [4.78, 5) is 22.8. The largest absolute Gasteiger partial charge is 0.405 e. The molecule has 13 heteroatoms. The zero-order valence-electron chi connectivity index (χ0n) is 17.0. The van der Waals surface area contributed by atoms with Gasteiger partial charge in [0.25, 0.3) is 5.92 Å². The molecule has 1 fully saturated rings. The van der Waals surface area contributed by atoms with E-state index in [1.165, 1.54) is 17.5 Å². The van der Waals surface area contributed by atoms with Gasteiger partial charge in [-0.15, -0.1) is 0 Å². The molecule has 7 nitrogen and oxygen atoms in total. The molecule has 33 heavy (non-hydrogen) atoms. The monoisotopic (exact) mass is 486 g/mol. The first-order chi connectivity index (χ1) is 15.6. The van der Waals surface area contributed by atoms with Gasteiger partial charge < -0.3 is 20.9 Å². The summed E-state index contributed by atoms with van der Waals surface area (Å²) < 4.78 is 63.2. The second kappa shape index (κ2) is 8.96. The molecular weight excluding hydrogens is 467 g/mol. The molecule has 1 saturated heterocycles. The van der Waals surface area contributed by atoms with Crippen LogP contribution in [-0.4, -0.2) is 54.2 Å². The number of thiazole rings is 1. The SMILES string of the molecule is O=C(NCC(F)(F)F)C1=CCC(c2cnc(Nc3cc(N4CC(F)(F)C4)ccn3)s2)=CNC1. The van der Waals surface area contributed by atoms with Crippen LogP contribution < -0.4 is 20.9 Å². The van der Waals surface area contributed by atoms with Crippen molar-refractivity contribution in [1.82, 2.24) is 20.6 Å². The molecule has 2 aliphatic rings. The van der Waals surface area contributed by atoms with Crippen LogP contribution in [0.15, 0.2) is 42.4 Å². The van der Waals surface area contributed by atoms with Gasteiger partial charge in [-0.2, -0.15) is 13.2 Å². The third-order valence-electron chi connectivity index (χ3n) is 4.89. The van der Waals surface area contributed by atoms with Crippen molar-refractivity contribution in [3.05, 3.63) is 47.3 Å². The standard InChI is InChI=1S/C20H19F5N6OS/c21-19(22)10-31(11-19)14-3-4-27-16(5-14)30-18-28-8-15(33-18)12-1-2-13(7-26-6-12)17(32)29-9-20(23,24)25/h2-6,8,26H,1,7,9-11H2,(H,29,32)(H,27,28,30). The number of carbonyl (C=O) groups excluding carboxylic acids is 1. The molecule has 2 aromatic heterocycles. The van der Waals surface area contributed by atoms with Gasteiger partial charge in [-0.05, 0) is 18.1 Å². The zero-order chi connectivity index (χ0) is 23.6. The summed E-state index contributed by atoms with van der Waals surface area (Å²) in [6.07, 6.45) is 2.29. The summed E-state index contributed by atoms with van der Waals surface area (Å²) in [6, 6.07) is 3.32. The highest BCUT2D eigenvalue weighted by atomic mass is 32.1. The highest BCUT2D eigenvalue weighted by Gasteiger charge is 2.44. The molecule has 0 aliphatic carbocycles.